The molecule has 6 nitrogen and oxygen atoms in total. The van der Waals surface area contributed by atoms with E-state index in [0.717, 1.165) is 12.8 Å². The molecule has 1 rings (SSSR count). The van der Waals surface area contributed by atoms with Crippen molar-refractivity contribution in [3.63, 3.8) is 0 Å². The molecule has 0 spiro atoms. The Balaban J connectivity index is 2.40. The van der Waals surface area contributed by atoms with Gasteiger partial charge in [-0.3, -0.25) is 9.59 Å². The van der Waals surface area contributed by atoms with Crippen molar-refractivity contribution >= 4 is 11.8 Å². The van der Waals surface area contributed by atoms with Crippen molar-refractivity contribution in [2.45, 2.75) is 26.7 Å². The van der Waals surface area contributed by atoms with Crippen molar-refractivity contribution in [3.05, 3.63) is 24.3 Å². The third-order valence-corrected chi connectivity index (χ3v) is 3.20. The Morgan fingerprint density at radius 3 is 2.26 bits per heavy atom. The van der Waals surface area contributed by atoms with Crippen molar-refractivity contribution < 1.29 is 19.1 Å². The molecule has 0 saturated carbocycles. The van der Waals surface area contributed by atoms with Gasteiger partial charge in [0.25, 0.3) is 5.91 Å². The van der Waals surface area contributed by atoms with Gasteiger partial charge in [0, 0.05) is 13.1 Å². The summed E-state index contributed by atoms with van der Waals surface area (Å²) in [5, 5.41) is 2.59. The lowest BCUT2D eigenvalue weighted by atomic mass is 10.3. The lowest BCUT2D eigenvalue weighted by molar-refractivity contribution is -0.133. The van der Waals surface area contributed by atoms with Gasteiger partial charge in [0.05, 0.1) is 13.7 Å². The summed E-state index contributed by atoms with van der Waals surface area (Å²) >= 11 is 0. The third kappa shape index (κ3) is 6.59. The molecule has 23 heavy (non-hydrogen) atoms. The molecule has 2 amide bonds. The number of methoxy groups -OCH3 is 1. The number of carbonyl (C=O) groups is 2. The van der Waals surface area contributed by atoms with Gasteiger partial charge in [-0.15, -0.1) is 0 Å². The van der Waals surface area contributed by atoms with E-state index < -0.39 is 0 Å². The fraction of sp³-hybridized carbons (Fsp3) is 0.529. The molecule has 0 fully saturated rings. The van der Waals surface area contributed by atoms with E-state index in [4.69, 9.17) is 9.47 Å². The van der Waals surface area contributed by atoms with Crippen LogP contribution in [0.5, 0.6) is 11.5 Å². The standard InChI is InChI=1S/C17H26N2O4/c1-4-10-19(11-5-2)17(21)12-18-16(20)13-23-15-9-7-6-8-14(15)22-3/h6-9H,4-5,10-13H2,1-3H3,(H,18,20). The first kappa shape index (κ1) is 18.8. The molecule has 0 unspecified atom stereocenters. The maximum atomic E-state index is 12.1. The van der Waals surface area contributed by atoms with Crippen LogP contribution in [0, 0.1) is 0 Å². The highest BCUT2D eigenvalue weighted by atomic mass is 16.5. The second-order valence-electron chi connectivity index (χ2n) is 5.10. The largest absolute Gasteiger partial charge is 0.493 e. The average molecular weight is 322 g/mol. The Kier molecular flexibility index (Phi) is 8.57. The summed E-state index contributed by atoms with van der Waals surface area (Å²) in [5.74, 6) is 0.653. The molecule has 128 valence electrons. The highest BCUT2D eigenvalue weighted by Gasteiger charge is 2.13. The van der Waals surface area contributed by atoms with E-state index in [1.54, 1.807) is 23.1 Å². The smallest absolute Gasteiger partial charge is 0.258 e. The van der Waals surface area contributed by atoms with Crippen LogP contribution in [-0.4, -0.2) is 50.1 Å². The van der Waals surface area contributed by atoms with Crippen molar-refractivity contribution in [2.75, 3.05) is 33.4 Å². The Morgan fingerprint density at radius 1 is 1.09 bits per heavy atom. The molecule has 0 aliphatic rings. The predicted molar refractivity (Wildman–Crippen MR) is 88.7 cm³/mol. The average Bonchev–Trinajstić information content (AvgIpc) is 2.57. The van der Waals surface area contributed by atoms with Crippen LogP contribution in [0.25, 0.3) is 0 Å². The minimum Gasteiger partial charge on any atom is -0.493 e. The van der Waals surface area contributed by atoms with E-state index in [1.165, 1.54) is 7.11 Å². The third-order valence-electron chi connectivity index (χ3n) is 3.20. The van der Waals surface area contributed by atoms with Gasteiger partial charge < -0.3 is 19.7 Å². The fourth-order valence-electron chi connectivity index (χ4n) is 2.12. The molecule has 1 N–H and O–H groups in total. The van der Waals surface area contributed by atoms with Crippen LogP contribution >= 0.6 is 0 Å². The Hall–Kier alpha value is -2.24. The zero-order valence-electron chi connectivity index (χ0n) is 14.1. The summed E-state index contributed by atoms with van der Waals surface area (Å²) in [6.45, 7) is 5.30. The minimum absolute atomic E-state index is 0.00584. The zero-order chi connectivity index (χ0) is 17.1. The fourth-order valence-corrected chi connectivity index (χ4v) is 2.12. The van der Waals surface area contributed by atoms with Crippen LogP contribution in [-0.2, 0) is 9.59 Å². The number of benzene rings is 1. The molecule has 0 saturated heterocycles. The van der Waals surface area contributed by atoms with E-state index in [2.05, 4.69) is 5.32 Å². The Bertz CT molecular complexity index is 499. The number of amides is 2. The number of hydrogen-bond donors (Lipinski definition) is 1. The molecule has 0 bridgehead atoms. The summed E-state index contributed by atoms with van der Waals surface area (Å²) in [6, 6.07) is 7.10. The maximum absolute atomic E-state index is 12.1. The number of para-hydroxylation sites is 2. The van der Waals surface area contributed by atoms with Gasteiger partial charge in [-0.05, 0) is 25.0 Å². The number of rotatable bonds is 10. The molecule has 0 aromatic heterocycles. The van der Waals surface area contributed by atoms with Gasteiger partial charge in [0.1, 0.15) is 0 Å². The van der Waals surface area contributed by atoms with Crippen LogP contribution in [0.4, 0.5) is 0 Å². The lowest BCUT2D eigenvalue weighted by Crippen LogP contribution is -2.42. The van der Waals surface area contributed by atoms with E-state index in [-0.39, 0.29) is 25.0 Å². The zero-order valence-corrected chi connectivity index (χ0v) is 14.1. The Morgan fingerprint density at radius 2 is 1.70 bits per heavy atom. The van der Waals surface area contributed by atoms with E-state index in [0.29, 0.717) is 24.6 Å². The van der Waals surface area contributed by atoms with Crippen LogP contribution in [0.3, 0.4) is 0 Å². The lowest BCUT2D eigenvalue weighted by Gasteiger charge is -2.21. The molecular formula is C17H26N2O4. The first-order valence-corrected chi connectivity index (χ1v) is 7.92. The maximum Gasteiger partial charge on any atom is 0.258 e. The minimum atomic E-state index is -0.336. The molecular weight excluding hydrogens is 296 g/mol. The molecule has 1 aromatic carbocycles. The molecule has 1 aromatic rings. The summed E-state index contributed by atoms with van der Waals surface area (Å²) < 4.78 is 10.6. The Labute approximate surface area is 137 Å². The van der Waals surface area contributed by atoms with Gasteiger partial charge in [0.2, 0.25) is 5.91 Å². The van der Waals surface area contributed by atoms with Gasteiger partial charge in [-0.2, -0.15) is 0 Å². The van der Waals surface area contributed by atoms with Crippen molar-refractivity contribution in [1.82, 2.24) is 10.2 Å². The molecule has 6 heteroatoms. The first-order valence-electron chi connectivity index (χ1n) is 7.92. The quantitative estimate of drug-likeness (QED) is 0.714. The van der Waals surface area contributed by atoms with E-state index >= 15 is 0 Å². The number of nitrogens with one attached hydrogen (secondary N) is 1. The van der Waals surface area contributed by atoms with Crippen LogP contribution in [0.2, 0.25) is 0 Å². The summed E-state index contributed by atoms with van der Waals surface area (Å²) in [5.41, 5.74) is 0. The number of hydrogen-bond acceptors (Lipinski definition) is 4. The molecule has 0 aliphatic carbocycles. The topological polar surface area (TPSA) is 67.9 Å². The number of carbonyl (C=O) groups excluding carboxylic acids is 2. The summed E-state index contributed by atoms with van der Waals surface area (Å²) in [7, 11) is 1.54. The second-order valence-corrected chi connectivity index (χ2v) is 5.10. The first-order chi connectivity index (χ1) is 11.1. The van der Waals surface area contributed by atoms with Crippen molar-refractivity contribution in [2.24, 2.45) is 0 Å². The van der Waals surface area contributed by atoms with Crippen molar-refractivity contribution in [1.29, 1.82) is 0 Å². The van der Waals surface area contributed by atoms with Crippen LogP contribution in [0.15, 0.2) is 24.3 Å². The number of ether oxygens (including phenoxy) is 2. The van der Waals surface area contributed by atoms with E-state index in [9.17, 15) is 9.59 Å². The van der Waals surface area contributed by atoms with Crippen LogP contribution in [0.1, 0.15) is 26.7 Å². The SMILES string of the molecule is CCCN(CCC)C(=O)CNC(=O)COc1ccccc1OC. The normalized spacial score (nSPS) is 10.0. The summed E-state index contributed by atoms with van der Waals surface area (Å²) in [4.78, 5) is 25.6. The summed E-state index contributed by atoms with van der Waals surface area (Å²) in [6.07, 6.45) is 1.80. The van der Waals surface area contributed by atoms with Gasteiger partial charge in [-0.25, -0.2) is 0 Å². The highest BCUT2D eigenvalue weighted by Crippen LogP contribution is 2.25. The molecule has 0 radical (unpaired) electrons. The van der Waals surface area contributed by atoms with Crippen molar-refractivity contribution in [3.8, 4) is 11.5 Å². The monoisotopic (exact) mass is 322 g/mol. The van der Waals surface area contributed by atoms with Gasteiger partial charge >= 0.3 is 0 Å². The molecule has 0 heterocycles. The van der Waals surface area contributed by atoms with Gasteiger partial charge in [-0.1, -0.05) is 26.0 Å². The predicted octanol–water partition coefficient (Wildman–Crippen LogP) is 1.84. The highest BCUT2D eigenvalue weighted by molar-refractivity contribution is 5.85. The second kappa shape index (κ2) is 10.5. The van der Waals surface area contributed by atoms with Gasteiger partial charge in [0.15, 0.2) is 18.1 Å². The van der Waals surface area contributed by atoms with E-state index in [1.807, 2.05) is 19.9 Å². The molecule has 0 atom stereocenters. The van der Waals surface area contributed by atoms with Crippen LogP contribution < -0.4 is 14.8 Å². The number of nitrogens with zero attached hydrogens (tertiary/aromatic N) is 1. The molecule has 0 aliphatic heterocycles.